The van der Waals surface area contributed by atoms with Crippen LogP contribution in [0.1, 0.15) is 21.6 Å². The van der Waals surface area contributed by atoms with Gasteiger partial charge in [0, 0.05) is 49.7 Å². The molecule has 3 heterocycles. The van der Waals surface area contributed by atoms with Crippen molar-refractivity contribution < 1.29 is 22.7 Å². The summed E-state index contributed by atoms with van der Waals surface area (Å²) in [6, 6.07) is 16.2. The van der Waals surface area contributed by atoms with Gasteiger partial charge in [-0.15, -0.1) is 24.5 Å². The van der Waals surface area contributed by atoms with Gasteiger partial charge in [0.05, 0.1) is 11.0 Å². The molecule has 1 aliphatic heterocycles. The van der Waals surface area contributed by atoms with Gasteiger partial charge < -0.3 is 9.64 Å². The maximum atomic E-state index is 13.3. The predicted octanol–water partition coefficient (Wildman–Crippen LogP) is 5.61. The lowest BCUT2D eigenvalue weighted by Crippen LogP contribution is -2.35. The van der Waals surface area contributed by atoms with Crippen molar-refractivity contribution in [3.8, 4) is 5.75 Å². The molecule has 1 aliphatic carbocycles. The van der Waals surface area contributed by atoms with Crippen LogP contribution in [0.4, 0.5) is 13.2 Å². The first-order chi connectivity index (χ1) is 18.3. The standard InChI is InChI=1S/C28H25F3N4O2S/c29-28(30,31)37-21-5-1-3-18(9-21)12-35(27(36)26-16-38-17-33-26)15-24-22-13-34(14-23(22)24)11-19-6-7-20-4-2-8-32-25(20)10-19/h1-10,16-17,22-24H,11-15H2. The van der Waals surface area contributed by atoms with E-state index in [9.17, 15) is 18.0 Å². The van der Waals surface area contributed by atoms with Crippen LogP contribution in [0.2, 0.25) is 0 Å². The highest BCUT2D eigenvalue weighted by Crippen LogP contribution is 2.52. The molecule has 2 aromatic carbocycles. The third-order valence-corrected chi connectivity index (χ3v) is 7.99. The third-order valence-electron chi connectivity index (χ3n) is 7.40. The van der Waals surface area contributed by atoms with E-state index in [0.29, 0.717) is 35.6 Å². The van der Waals surface area contributed by atoms with Gasteiger partial charge in [-0.2, -0.15) is 0 Å². The number of hydrogen-bond acceptors (Lipinski definition) is 6. The fourth-order valence-corrected chi connectivity index (χ4v) is 6.15. The Labute approximate surface area is 221 Å². The quantitative estimate of drug-likeness (QED) is 0.292. The van der Waals surface area contributed by atoms with E-state index in [1.807, 2.05) is 6.07 Å². The molecule has 2 atom stereocenters. The van der Waals surface area contributed by atoms with E-state index < -0.39 is 6.36 Å². The van der Waals surface area contributed by atoms with Crippen LogP contribution < -0.4 is 4.74 Å². The molecule has 2 aliphatic rings. The highest BCUT2D eigenvalue weighted by Gasteiger charge is 2.55. The summed E-state index contributed by atoms with van der Waals surface area (Å²) in [4.78, 5) is 26.0. The number of carbonyl (C=O) groups is 1. The van der Waals surface area contributed by atoms with E-state index in [1.165, 1.54) is 35.1 Å². The highest BCUT2D eigenvalue weighted by molar-refractivity contribution is 7.07. The fraction of sp³-hybridized carbons (Fsp3) is 0.321. The van der Waals surface area contributed by atoms with Crippen LogP contribution in [0.5, 0.6) is 5.75 Å². The Kier molecular flexibility index (Phi) is 6.53. The Morgan fingerprint density at radius 3 is 2.66 bits per heavy atom. The summed E-state index contributed by atoms with van der Waals surface area (Å²) in [5.41, 5.74) is 4.76. The second kappa shape index (κ2) is 9.99. The number of aromatic nitrogens is 2. The van der Waals surface area contributed by atoms with E-state index in [4.69, 9.17) is 0 Å². The number of amides is 1. The minimum Gasteiger partial charge on any atom is -0.406 e. The minimum atomic E-state index is -4.77. The monoisotopic (exact) mass is 538 g/mol. The molecule has 196 valence electrons. The highest BCUT2D eigenvalue weighted by atomic mass is 32.1. The predicted molar refractivity (Wildman–Crippen MR) is 137 cm³/mol. The van der Waals surface area contributed by atoms with Crippen molar-refractivity contribution in [2.24, 2.45) is 17.8 Å². The molecule has 2 fully saturated rings. The van der Waals surface area contributed by atoms with Gasteiger partial charge in [0.25, 0.3) is 5.91 Å². The smallest absolute Gasteiger partial charge is 0.406 e. The second-order valence-electron chi connectivity index (χ2n) is 9.97. The van der Waals surface area contributed by atoms with Crippen LogP contribution in [-0.4, -0.2) is 51.7 Å². The van der Waals surface area contributed by atoms with Crippen molar-refractivity contribution in [1.82, 2.24) is 19.8 Å². The number of piperidine rings is 1. The number of fused-ring (bicyclic) bond motifs is 2. The topological polar surface area (TPSA) is 58.6 Å². The zero-order valence-corrected chi connectivity index (χ0v) is 21.2. The molecular weight excluding hydrogens is 513 g/mol. The Hall–Kier alpha value is -3.50. The Morgan fingerprint density at radius 2 is 1.89 bits per heavy atom. The van der Waals surface area contributed by atoms with Gasteiger partial charge in [-0.3, -0.25) is 14.7 Å². The summed E-state index contributed by atoms with van der Waals surface area (Å²) >= 11 is 1.34. The van der Waals surface area contributed by atoms with E-state index in [-0.39, 0.29) is 18.2 Å². The zero-order valence-electron chi connectivity index (χ0n) is 20.3. The molecule has 0 N–H and O–H groups in total. The first kappa shape index (κ1) is 24.8. The summed E-state index contributed by atoms with van der Waals surface area (Å²) in [7, 11) is 0. The molecule has 0 spiro atoms. The average Bonchev–Trinajstić information content (AvgIpc) is 3.27. The number of ether oxygens (including phenoxy) is 1. The molecule has 10 heteroatoms. The molecule has 2 unspecified atom stereocenters. The second-order valence-corrected chi connectivity index (χ2v) is 10.7. The molecule has 1 amide bonds. The van der Waals surface area contributed by atoms with Gasteiger partial charge in [0.1, 0.15) is 11.4 Å². The number of carbonyl (C=O) groups excluding carboxylic acids is 1. The molecule has 1 saturated carbocycles. The summed E-state index contributed by atoms with van der Waals surface area (Å²) in [6.07, 6.45) is -2.96. The molecule has 6 nitrogen and oxygen atoms in total. The molecule has 0 bridgehead atoms. The minimum absolute atomic E-state index is 0.190. The molecule has 6 rings (SSSR count). The van der Waals surface area contributed by atoms with Crippen LogP contribution in [0, 0.1) is 17.8 Å². The van der Waals surface area contributed by atoms with Gasteiger partial charge in [0.15, 0.2) is 0 Å². The van der Waals surface area contributed by atoms with Crippen molar-refractivity contribution in [2.45, 2.75) is 19.5 Å². The lowest BCUT2D eigenvalue weighted by molar-refractivity contribution is -0.274. The van der Waals surface area contributed by atoms with Crippen molar-refractivity contribution in [1.29, 1.82) is 0 Å². The van der Waals surface area contributed by atoms with Crippen LogP contribution in [0.3, 0.4) is 0 Å². The molecule has 38 heavy (non-hydrogen) atoms. The maximum absolute atomic E-state index is 13.3. The van der Waals surface area contributed by atoms with Crippen LogP contribution in [0.15, 0.2) is 71.7 Å². The molecule has 2 aromatic heterocycles. The lowest BCUT2D eigenvalue weighted by Gasteiger charge is -2.25. The largest absolute Gasteiger partial charge is 0.573 e. The van der Waals surface area contributed by atoms with Crippen molar-refractivity contribution in [3.05, 3.63) is 88.5 Å². The molecule has 0 radical (unpaired) electrons. The average molecular weight is 539 g/mol. The number of thiazole rings is 1. The zero-order chi connectivity index (χ0) is 26.3. The maximum Gasteiger partial charge on any atom is 0.573 e. The Bertz CT molecular complexity index is 1430. The summed E-state index contributed by atoms with van der Waals surface area (Å²) in [6.45, 7) is 3.52. The van der Waals surface area contributed by atoms with Gasteiger partial charge in [-0.25, -0.2) is 4.98 Å². The normalized spacial score (nSPS) is 20.9. The van der Waals surface area contributed by atoms with E-state index in [2.05, 4.69) is 43.9 Å². The Morgan fingerprint density at radius 1 is 1.05 bits per heavy atom. The van der Waals surface area contributed by atoms with E-state index >= 15 is 0 Å². The van der Waals surface area contributed by atoms with Gasteiger partial charge in [-0.1, -0.05) is 30.3 Å². The number of hydrogen-bond donors (Lipinski definition) is 0. The fourth-order valence-electron chi connectivity index (χ4n) is 5.62. The third kappa shape index (κ3) is 5.51. The SMILES string of the molecule is O=C(c1cscn1)N(Cc1cccc(OC(F)(F)F)c1)CC1C2CN(Cc3ccc4cccnc4c3)CC21. The van der Waals surface area contributed by atoms with Crippen LogP contribution in [0.25, 0.3) is 10.9 Å². The van der Waals surface area contributed by atoms with Crippen LogP contribution >= 0.6 is 11.3 Å². The number of alkyl halides is 3. The number of rotatable bonds is 8. The molecule has 1 saturated heterocycles. The number of pyridine rings is 1. The summed E-state index contributed by atoms with van der Waals surface area (Å²) in [5.74, 6) is 0.859. The number of benzene rings is 2. The summed E-state index contributed by atoms with van der Waals surface area (Å²) in [5, 5.41) is 2.83. The number of nitrogens with zero attached hydrogens (tertiary/aromatic N) is 4. The van der Waals surface area contributed by atoms with Gasteiger partial charge in [-0.05, 0) is 53.1 Å². The lowest BCUT2D eigenvalue weighted by atomic mass is 10.1. The van der Waals surface area contributed by atoms with Gasteiger partial charge in [0.2, 0.25) is 0 Å². The summed E-state index contributed by atoms with van der Waals surface area (Å²) < 4.78 is 42.2. The van der Waals surface area contributed by atoms with Crippen molar-refractivity contribution in [2.75, 3.05) is 19.6 Å². The first-order valence-corrected chi connectivity index (χ1v) is 13.3. The molecular formula is C28H25F3N4O2S. The number of likely N-dealkylation sites (tertiary alicyclic amines) is 1. The van der Waals surface area contributed by atoms with E-state index in [1.54, 1.807) is 28.1 Å². The Balaban J connectivity index is 1.11. The van der Waals surface area contributed by atoms with Gasteiger partial charge >= 0.3 is 6.36 Å². The van der Waals surface area contributed by atoms with E-state index in [0.717, 1.165) is 30.5 Å². The van der Waals surface area contributed by atoms with Crippen molar-refractivity contribution >= 4 is 28.1 Å². The molecule has 4 aromatic rings. The van der Waals surface area contributed by atoms with Crippen LogP contribution in [-0.2, 0) is 13.1 Å². The van der Waals surface area contributed by atoms with Crippen molar-refractivity contribution in [3.63, 3.8) is 0 Å². The number of halogens is 3. The first-order valence-electron chi connectivity index (χ1n) is 12.4.